The SMILES string of the molecule is C=C(CCCC[C@@H](Cc1ccc(CCCCC)cc1)CN1CCC(C)C1)c1ccc(C)cc1.C=CS. The molecule has 0 aliphatic carbocycles. The summed E-state index contributed by atoms with van der Waals surface area (Å²) in [5.41, 5.74) is 6.95. The second-order valence-corrected chi connectivity index (χ2v) is 11.3. The summed E-state index contributed by atoms with van der Waals surface area (Å²) in [6.07, 6.45) is 12.8. The van der Waals surface area contributed by atoms with Gasteiger partial charge in [0.15, 0.2) is 0 Å². The zero-order chi connectivity index (χ0) is 26.2. The Morgan fingerprint density at radius 3 is 2.31 bits per heavy atom. The summed E-state index contributed by atoms with van der Waals surface area (Å²) >= 11 is 3.55. The van der Waals surface area contributed by atoms with Crippen LogP contribution < -0.4 is 0 Å². The molecule has 1 nitrogen and oxygen atoms in total. The smallest absolute Gasteiger partial charge is 0.00130 e. The van der Waals surface area contributed by atoms with E-state index >= 15 is 0 Å². The lowest BCUT2D eigenvalue weighted by Crippen LogP contribution is -2.28. The van der Waals surface area contributed by atoms with E-state index in [1.54, 1.807) is 0 Å². The summed E-state index contributed by atoms with van der Waals surface area (Å²) in [7, 11) is 0. The molecule has 0 spiro atoms. The van der Waals surface area contributed by atoms with Crippen LogP contribution in [0, 0.1) is 18.8 Å². The Kier molecular flexibility index (Phi) is 14.9. The first kappa shape index (κ1) is 30.5. The molecule has 1 saturated heterocycles. The molecular formula is C34H51NS. The quantitative estimate of drug-likeness (QED) is 0.197. The summed E-state index contributed by atoms with van der Waals surface area (Å²) < 4.78 is 0. The van der Waals surface area contributed by atoms with E-state index in [-0.39, 0.29) is 0 Å². The maximum absolute atomic E-state index is 4.36. The highest BCUT2D eigenvalue weighted by Crippen LogP contribution is 2.25. The Hall–Kier alpha value is -1.77. The first-order valence-electron chi connectivity index (χ1n) is 14.2. The number of aryl methyl sites for hydroxylation is 2. The van der Waals surface area contributed by atoms with Gasteiger partial charge >= 0.3 is 0 Å². The number of nitrogens with zero attached hydrogens (tertiary/aromatic N) is 1. The van der Waals surface area contributed by atoms with Crippen molar-refractivity contribution in [3.63, 3.8) is 0 Å². The van der Waals surface area contributed by atoms with Crippen molar-refractivity contribution in [3.8, 4) is 0 Å². The van der Waals surface area contributed by atoms with Gasteiger partial charge < -0.3 is 4.90 Å². The van der Waals surface area contributed by atoms with Crippen molar-refractivity contribution in [2.24, 2.45) is 11.8 Å². The third-order valence-electron chi connectivity index (χ3n) is 7.44. The fourth-order valence-electron chi connectivity index (χ4n) is 5.27. The summed E-state index contributed by atoms with van der Waals surface area (Å²) in [6.45, 7) is 18.3. The van der Waals surface area contributed by atoms with Crippen LogP contribution >= 0.6 is 12.6 Å². The molecule has 0 amide bonds. The first-order valence-corrected chi connectivity index (χ1v) is 14.8. The van der Waals surface area contributed by atoms with Crippen molar-refractivity contribution in [1.29, 1.82) is 0 Å². The summed E-state index contributed by atoms with van der Waals surface area (Å²) in [4.78, 5) is 2.72. The molecule has 2 heteroatoms. The highest BCUT2D eigenvalue weighted by Gasteiger charge is 2.22. The van der Waals surface area contributed by atoms with Crippen LogP contribution in [0.15, 0.2) is 67.1 Å². The van der Waals surface area contributed by atoms with Crippen LogP contribution in [0.1, 0.15) is 87.5 Å². The normalized spacial score (nSPS) is 16.3. The van der Waals surface area contributed by atoms with Crippen molar-refractivity contribution in [1.82, 2.24) is 4.90 Å². The predicted octanol–water partition coefficient (Wildman–Crippen LogP) is 9.56. The molecule has 0 aromatic heterocycles. The number of thiol groups is 1. The third kappa shape index (κ3) is 12.0. The molecule has 0 N–H and O–H groups in total. The number of allylic oxidation sites excluding steroid dienone is 1. The van der Waals surface area contributed by atoms with Gasteiger partial charge in [0.05, 0.1) is 0 Å². The largest absolute Gasteiger partial charge is 0.303 e. The van der Waals surface area contributed by atoms with Crippen molar-refractivity contribution < 1.29 is 0 Å². The van der Waals surface area contributed by atoms with E-state index < -0.39 is 0 Å². The van der Waals surface area contributed by atoms with Gasteiger partial charge in [-0.25, -0.2) is 0 Å². The van der Waals surface area contributed by atoms with E-state index in [1.807, 2.05) is 0 Å². The maximum atomic E-state index is 4.36. The second-order valence-electron chi connectivity index (χ2n) is 10.9. The Labute approximate surface area is 228 Å². The number of hydrogen-bond acceptors (Lipinski definition) is 2. The van der Waals surface area contributed by atoms with E-state index in [9.17, 15) is 0 Å². The van der Waals surface area contributed by atoms with Gasteiger partial charge in [-0.1, -0.05) is 100 Å². The summed E-state index contributed by atoms with van der Waals surface area (Å²) in [6, 6.07) is 18.4. The molecule has 198 valence electrons. The highest BCUT2D eigenvalue weighted by molar-refractivity contribution is 7.83. The van der Waals surface area contributed by atoms with Gasteiger partial charge in [-0.15, -0.1) is 0 Å². The highest BCUT2D eigenvalue weighted by atomic mass is 32.1. The summed E-state index contributed by atoms with van der Waals surface area (Å²) in [5.74, 6) is 1.62. The molecule has 0 saturated carbocycles. The number of unbranched alkanes of at least 4 members (excludes halogenated alkanes) is 3. The molecule has 1 heterocycles. The molecule has 36 heavy (non-hydrogen) atoms. The summed E-state index contributed by atoms with van der Waals surface area (Å²) in [5, 5.41) is 1.44. The molecule has 0 radical (unpaired) electrons. The van der Waals surface area contributed by atoms with Gasteiger partial charge in [0, 0.05) is 13.1 Å². The molecule has 2 atom stereocenters. The van der Waals surface area contributed by atoms with Gasteiger partial charge in [0.25, 0.3) is 0 Å². The van der Waals surface area contributed by atoms with E-state index in [0.717, 1.165) is 18.3 Å². The molecule has 2 aromatic carbocycles. The van der Waals surface area contributed by atoms with Crippen LogP contribution in [-0.4, -0.2) is 24.5 Å². The number of rotatable bonds is 14. The average molecular weight is 506 g/mol. The van der Waals surface area contributed by atoms with Gasteiger partial charge in [-0.3, -0.25) is 0 Å². The number of benzene rings is 2. The van der Waals surface area contributed by atoms with Gasteiger partial charge in [0.2, 0.25) is 0 Å². The molecule has 0 bridgehead atoms. The fourth-order valence-corrected chi connectivity index (χ4v) is 5.27. The zero-order valence-electron chi connectivity index (χ0n) is 23.4. The number of hydrogen-bond donors (Lipinski definition) is 1. The standard InChI is InChI=1S/C32H47N.C2H4S/c1-5-6-7-11-29-15-17-30(18-16-29)23-31(25-33-22-21-27(3)24-33)12-9-8-10-28(4)32-19-13-26(2)14-20-32;1-2-3/h13-20,27,31H,4-12,21-25H2,1-3H3;2-3H,1H2/t27?,31-;/m0./s1. The van der Waals surface area contributed by atoms with Crippen molar-refractivity contribution >= 4 is 18.2 Å². The first-order chi connectivity index (χ1) is 17.4. The third-order valence-corrected chi connectivity index (χ3v) is 7.44. The van der Waals surface area contributed by atoms with Crippen LogP contribution in [-0.2, 0) is 12.8 Å². The Morgan fingerprint density at radius 2 is 1.69 bits per heavy atom. The van der Waals surface area contributed by atoms with Gasteiger partial charge in [0.1, 0.15) is 0 Å². The Bertz CT molecular complexity index is 867. The lowest BCUT2D eigenvalue weighted by atomic mass is 9.91. The van der Waals surface area contributed by atoms with Crippen molar-refractivity contribution in [3.05, 3.63) is 89.4 Å². The van der Waals surface area contributed by atoms with Crippen LogP contribution in [0.5, 0.6) is 0 Å². The average Bonchev–Trinajstić information content (AvgIpc) is 3.28. The van der Waals surface area contributed by atoms with E-state index in [1.165, 1.54) is 111 Å². The van der Waals surface area contributed by atoms with Crippen molar-refractivity contribution in [2.45, 2.75) is 85.0 Å². The molecule has 1 aliphatic heterocycles. The molecule has 1 aliphatic rings. The Balaban J connectivity index is 0.00000145. The van der Waals surface area contributed by atoms with E-state index in [2.05, 4.69) is 100.0 Å². The van der Waals surface area contributed by atoms with Crippen molar-refractivity contribution in [2.75, 3.05) is 19.6 Å². The Morgan fingerprint density at radius 1 is 1.03 bits per heavy atom. The molecule has 3 rings (SSSR count). The van der Waals surface area contributed by atoms with Crippen LogP contribution in [0.2, 0.25) is 0 Å². The minimum atomic E-state index is 0.758. The zero-order valence-corrected chi connectivity index (χ0v) is 24.2. The van der Waals surface area contributed by atoms with Gasteiger partial charge in [-0.2, -0.15) is 12.6 Å². The molecule has 2 aromatic rings. The lowest BCUT2D eigenvalue weighted by molar-refractivity contribution is 0.257. The second kappa shape index (κ2) is 17.6. The van der Waals surface area contributed by atoms with Gasteiger partial charge in [-0.05, 0) is 97.9 Å². The lowest BCUT2D eigenvalue weighted by Gasteiger charge is -2.24. The van der Waals surface area contributed by atoms with Crippen LogP contribution in [0.4, 0.5) is 0 Å². The topological polar surface area (TPSA) is 3.24 Å². The molecule has 1 fully saturated rings. The van der Waals surface area contributed by atoms with Crippen LogP contribution in [0.3, 0.4) is 0 Å². The maximum Gasteiger partial charge on any atom is 0.00130 e. The fraction of sp³-hybridized carbons (Fsp3) is 0.529. The molecular weight excluding hydrogens is 454 g/mol. The molecule has 1 unspecified atom stereocenters. The number of likely N-dealkylation sites (tertiary alicyclic amines) is 1. The van der Waals surface area contributed by atoms with E-state index in [4.69, 9.17) is 0 Å². The minimum Gasteiger partial charge on any atom is -0.303 e. The predicted molar refractivity (Wildman–Crippen MR) is 165 cm³/mol. The minimum absolute atomic E-state index is 0.758. The van der Waals surface area contributed by atoms with E-state index in [0.29, 0.717) is 0 Å². The monoisotopic (exact) mass is 505 g/mol. The van der Waals surface area contributed by atoms with Crippen LogP contribution in [0.25, 0.3) is 5.57 Å².